The van der Waals surface area contributed by atoms with Crippen LogP contribution in [0.4, 0.5) is 14.7 Å². The third-order valence-electron chi connectivity index (χ3n) is 4.86. The molecule has 1 aromatic carbocycles. The lowest BCUT2D eigenvalue weighted by atomic mass is 10.1. The summed E-state index contributed by atoms with van der Waals surface area (Å²) in [5.41, 5.74) is 0.709. The van der Waals surface area contributed by atoms with E-state index in [1.165, 1.54) is 25.0 Å². The average Bonchev–Trinajstić information content (AvgIpc) is 3.58. The van der Waals surface area contributed by atoms with Crippen LogP contribution in [0.2, 0.25) is 0 Å². The molecule has 1 atom stereocenters. The van der Waals surface area contributed by atoms with Crippen LogP contribution >= 0.6 is 0 Å². The van der Waals surface area contributed by atoms with Crippen LogP contribution in [0.1, 0.15) is 43.5 Å². The molecule has 1 heterocycles. The molecule has 0 saturated heterocycles. The minimum absolute atomic E-state index is 0.0715. The summed E-state index contributed by atoms with van der Waals surface area (Å²) in [4.78, 5) is 20.3. The van der Waals surface area contributed by atoms with Crippen molar-refractivity contribution in [1.29, 1.82) is 0 Å². The molecule has 0 radical (unpaired) electrons. The molecule has 0 spiro atoms. The first-order valence-electron chi connectivity index (χ1n) is 10.1. The molecule has 0 bridgehead atoms. The summed E-state index contributed by atoms with van der Waals surface area (Å²) in [5, 5.41) is 5.53. The normalized spacial score (nSPS) is 14.9. The molecule has 0 unspecified atom stereocenters. The van der Waals surface area contributed by atoms with Crippen molar-refractivity contribution in [2.24, 2.45) is 5.92 Å². The summed E-state index contributed by atoms with van der Waals surface area (Å²) >= 11 is 0. The molecule has 1 fully saturated rings. The highest BCUT2D eigenvalue weighted by molar-refractivity contribution is 5.95. The lowest BCUT2D eigenvalue weighted by Gasteiger charge is -2.11. The Morgan fingerprint density at radius 1 is 1.35 bits per heavy atom. The maximum absolute atomic E-state index is 14.5. The SMILES string of the molecule is C#C[C@H](C)NC(=O)c1ccc(-c2nc(NC(/C=C\CC3CC3)=C/C)ncc2F)cc1F. The minimum atomic E-state index is -0.802. The molecule has 1 aliphatic carbocycles. The Bertz CT molecular complexity index is 1070. The zero-order chi connectivity index (χ0) is 22.4. The van der Waals surface area contributed by atoms with E-state index in [-0.39, 0.29) is 22.8 Å². The van der Waals surface area contributed by atoms with Gasteiger partial charge in [0, 0.05) is 11.3 Å². The van der Waals surface area contributed by atoms with E-state index in [9.17, 15) is 13.6 Å². The topological polar surface area (TPSA) is 66.9 Å². The van der Waals surface area contributed by atoms with Gasteiger partial charge in [0.05, 0.1) is 17.8 Å². The van der Waals surface area contributed by atoms with Gasteiger partial charge in [-0.1, -0.05) is 24.1 Å². The maximum Gasteiger partial charge on any atom is 0.255 e. The highest BCUT2D eigenvalue weighted by Gasteiger charge is 2.19. The van der Waals surface area contributed by atoms with Crippen molar-refractivity contribution in [3.05, 3.63) is 65.5 Å². The van der Waals surface area contributed by atoms with E-state index < -0.39 is 23.6 Å². The van der Waals surface area contributed by atoms with E-state index in [0.717, 1.165) is 30.3 Å². The first kappa shape index (κ1) is 22.2. The van der Waals surface area contributed by atoms with Gasteiger partial charge in [-0.05, 0) is 57.2 Å². The number of anilines is 1. The minimum Gasteiger partial charge on any atom is -0.339 e. The molecule has 31 heavy (non-hydrogen) atoms. The van der Waals surface area contributed by atoms with E-state index >= 15 is 0 Å². The lowest BCUT2D eigenvalue weighted by Crippen LogP contribution is -2.31. The number of aromatic nitrogens is 2. The van der Waals surface area contributed by atoms with Crippen molar-refractivity contribution in [1.82, 2.24) is 15.3 Å². The van der Waals surface area contributed by atoms with Crippen LogP contribution in [0.15, 0.2) is 48.3 Å². The van der Waals surface area contributed by atoms with E-state index in [0.29, 0.717) is 0 Å². The number of carbonyl (C=O) groups is 1. The van der Waals surface area contributed by atoms with Gasteiger partial charge in [0.2, 0.25) is 5.95 Å². The average molecular weight is 422 g/mol. The van der Waals surface area contributed by atoms with Crippen molar-refractivity contribution >= 4 is 11.9 Å². The zero-order valence-corrected chi connectivity index (χ0v) is 17.5. The van der Waals surface area contributed by atoms with Crippen LogP contribution in [-0.4, -0.2) is 21.9 Å². The molecule has 2 aromatic rings. The quantitative estimate of drug-likeness (QED) is 0.472. The Morgan fingerprint density at radius 3 is 2.77 bits per heavy atom. The van der Waals surface area contributed by atoms with E-state index in [2.05, 4.69) is 32.6 Å². The summed E-state index contributed by atoms with van der Waals surface area (Å²) in [7, 11) is 0. The summed E-state index contributed by atoms with van der Waals surface area (Å²) in [6.07, 6.45) is 15.7. The molecular formula is C24H24F2N4O. The van der Waals surface area contributed by atoms with Gasteiger partial charge in [0.25, 0.3) is 5.91 Å². The first-order valence-corrected chi connectivity index (χ1v) is 10.1. The van der Waals surface area contributed by atoms with Crippen molar-refractivity contribution in [2.75, 3.05) is 5.32 Å². The molecule has 1 saturated carbocycles. The van der Waals surface area contributed by atoms with Crippen molar-refractivity contribution < 1.29 is 13.6 Å². The van der Waals surface area contributed by atoms with E-state index in [4.69, 9.17) is 6.42 Å². The van der Waals surface area contributed by atoms with Crippen LogP contribution in [0, 0.1) is 29.9 Å². The van der Waals surface area contributed by atoms with Crippen LogP contribution < -0.4 is 10.6 Å². The molecule has 3 rings (SSSR count). The third-order valence-corrected chi connectivity index (χ3v) is 4.86. The number of rotatable bonds is 8. The predicted molar refractivity (Wildman–Crippen MR) is 117 cm³/mol. The van der Waals surface area contributed by atoms with E-state index in [1.807, 2.05) is 19.1 Å². The van der Waals surface area contributed by atoms with Gasteiger partial charge in [0.15, 0.2) is 5.82 Å². The fourth-order valence-electron chi connectivity index (χ4n) is 2.87. The fraction of sp³-hybridized carbons (Fsp3) is 0.292. The molecular weight excluding hydrogens is 398 g/mol. The van der Waals surface area contributed by atoms with Gasteiger partial charge in [-0.15, -0.1) is 6.42 Å². The molecule has 160 valence electrons. The Hall–Kier alpha value is -3.53. The highest BCUT2D eigenvalue weighted by atomic mass is 19.1. The van der Waals surface area contributed by atoms with Crippen LogP contribution in [0.3, 0.4) is 0 Å². The lowest BCUT2D eigenvalue weighted by molar-refractivity contribution is 0.0944. The number of benzene rings is 1. The fourth-order valence-corrected chi connectivity index (χ4v) is 2.87. The Kier molecular flexibility index (Phi) is 7.14. The number of nitrogens with zero attached hydrogens (tertiary/aromatic N) is 2. The van der Waals surface area contributed by atoms with Gasteiger partial charge in [0.1, 0.15) is 11.5 Å². The van der Waals surface area contributed by atoms with Crippen molar-refractivity contribution in [2.45, 2.75) is 39.2 Å². The largest absolute Gasteiger partial charge is 0.339 e. The molecule has 1 aromatic heterocycles. The number of carbonyl (C=O) groups excluding carboxylic acids is 1. The molecule has 1 aliphatic rings. The molecule has 7 heteroatoms. The molecule has 2 N–H and O–H groups in total. The Labute approximate surface area is 180 Å². The number of hydrogen-bond donors (Lipinski definition) is 2. The van der Waals surface area contributed by atoms with Gasteiger partial charge in [-0.2, -0.15) is 0 Å². The standard InChI is InChI=1S/C24H24F2N4O/c1-4-15(3)28-23(31)19-12-11-17(13-20(19)25)22-21(26)14-27-24(30-22)29-18(5-2)8-6-7-16-9-10-16/h1,5-6,8,11-16H,7,9-10H2,2-3H3,(H,28,31)(H,27,29,30)/b8-6-,18-5+/t15-/m0/s1. The number of halogens is 2. The van der Waals surface area contributed by atoms with Crippen LogP contribution in [0.5, 0.6) is 0 Å². The monoisotopic (exact) mass is 422 g/mol. The smallest absolute Gasteiger partial charge is 0.255 e. The summed E-state index contributed by atoms with van der Waals surface area (Å²) < 4.78 is 28.9. The second-order valence-electron chi connectivity index (χ2n) is 7.40. The number of allylic oxidation sites excluding steroid dienone is 3. The predicted octanol–water partition coefficient (Wildman–Crippen LogP) is 4.85. The highest BCUT2D eigenvalue weighted by Crippen LogP contribution is 2.32. The van der Waals surface area contributed by atoms with Gasteiger partial charge < -0.3 is 10.6 Å². The van der Waals surface area contributed by atoms with Crippen LogP contribution in [-0.2, 0) is 0 Å². The first-order chi connectivity index (χ1) is 14.9. The van der Waals surface area contributed by atoms with E-state index in [1.54, 1.807) is 6.92 Å². The Morgan fingerprint density at radius 2 is 2.13 bits per heavy atom. The van der Waals surface area contributed by atoms with Gasteiger partial charge in [-0.25, -0.2) is 18.7 Å². The number of nitrogens with one attached hydrogen (secondary N) is 2. The molecule has 5 nitrogen and oxygen atoms in total. The van der Waals surface area contributed by atoms with Gasteiger partial charge in [-0.3, -0.25) is 4.79 Å². The van der Waals surface area contributed by atoms with Crippen LogP contribution in [0.25, 0.3) is 11.3 Å². The Balaban J connectivity index is 1.79. The summed E-state index contributed by atoms with van der Waals surface area (Å²) in [5.74, 6) is 1.16. The second kappa shape index (κ2) is 9.98. The molecule has 1 amide bonds. The third kappa shape index (κ3) is 5.98. The summed E-state index contributed by atoms with van der Waals surface area (Å²) in [6, 6.07) is 3.23. The summed E-state index contributed by atoms with van der Waals surface area (Å²) in [6.45, 7) is 3.48. The number of hydrogen-bond acceptors (Lipinski definition) is 4. The number of terminal acetylenes is 1. The zero-order valence-electron chi connectivity index (χ0n) is 17.5. The maximum atomic E-state index is 14.5. The molecule has 0 aliphatic heterocycles. The number of amides is 1. The second-order valence-corrected chi connectivity index (χ2v) is 7.40. The van der Waals surface area contributed by atoms with Gasteiger partial charge >= 0.3 is 0 Å². The van der Waals surface area contributed by atoms with Crippen molar-refractivity contribution in [3.63, 3.8) is 0 Å². The van der Waals surface area contributed by atoms with Crippen molar-refractivity contribution in [3.8, 4) is 23.6 Å².